The number of alkyl halides is 2. The summed E-state index contributed by atoms with van der Waals surface area (Å²) in [6, 6.07) is 16.5. The zero-order chi connectivity index (χ0) is 33.6. The number of rotatable bonds is 7. The van der Waals surface area contributed by atoms with Crippen LogP contribution in [0.5, 0.6) is 0 Å². The van der Waals surface area contributed by atoms with E-state index < -0.39 is 12.5 Å². The lowest BCUT2D eigenvalue weighted by atomic mass is 9.45. The summed E-state index contributed by atoms with van der Waals surface area (Å²) in [5, 5.41) is 6.96. The molecule has 0 unspecified atom stereocenters. The molecule has 2 bridgehead atoms. The van der Waals surface area contributed by atoms with Gasteiger partial charge in [-0.2, -0.15) is 0 Å². The molecule has 4 fully saturated rings. The Morgan fingerprint density at radius 2 is 1.98 bits per heavy atom. The van der Waals surface area contributed by atoms with Crippen molar-refractivity contribution in [2.24, 2.45) is 28.2 Å². The molecule has 3 saturated carbocycles. The number of benzene rings is 2. The van der Waals surface area contributed by atoms with E-state index in [1.54, 1.807) is 23.0 Å². The van der Waals surface area contributed by atoms with E-state index in [1.807, 2.05) is 53.4 Å². The molecule has 11 heteroatoms. The Bertz CT molecular complexity index is 1860. The fourth-order valence-electron chi connectivity index (χ4n) is 8.03. The van der Waals surface area contributed by atoms with Gasteiger partial charge in [-0.05, 0) is 90.5 Å². The molecule has 4 aliphatic rings. The van der Waals surface area contributed by atoms with Crippen molar-refractivity contribution in [3.05, 3.63) is 87.4 Å². The van der Waals surface area contributed by atoms with Gasteiger partial charge in [0.2, 0.25) is 0 Å². The van der Waals surface area contributed by atoms with Crippen LogP contribution in [0.1, 0.15) is 39.2 Å². The molecule has 8 nitrogen and oxygen atoms in total. The maximum atomic E-state index is 14.0. The number of aryl methyl sites for hydroxylation is 1. The van der Waals surface area contributed by atoms with Crippen LogP contribution in [0.2, 0.25) is 0 Å². The minimum Gasteiger partial charge on any atom is -0.340 e. The molecule has 1 aliphatic heterocycles. The fourth-order valence-corrected chi connectivity index (χ4v) is 8.29. The lowest BCUT2D eigenvalue weighted by Crippen LogP contribution is -2.58. The Morgan fingerprint density at radius 3 is 2.69 bits per heavy atom. The van der Waals surface area contributed by atoms with E-state index in [4.69, 9.17) is 9.98 Å². The van der Waals surface area contributed by atoms with E-state index in [2.05, 4.69) is 52.3 Å². The molecule has 2 aromatic carbocycles. The number of piperazine rings is 1. The van der Waals surface area contributed by atoms with Gasteiger partial charge in [-0.25, -0.2) is 18.8 Å². The number of hydrogen-bond acceptors (Lipinski definition) is 5. The molecule has 0 amide bonds. The molecule has 2 aromatic heterocycles. The predicted molar refractivity (Wildman–Crippen MR) is 190 cm³/mol. The predicted octanol–water partition coefficient (Wildman–Crippen LogP) is 6.84. The Labute approximate surface area is 288 Å². The Balaban J connectivity index is 1.23. The van der Waals surface area contributed by atoms with E-state index >= 15 is 0 Å². The molecule has 4 aromatic rings. The second kappa shape index (κ2) is 13.3. The van der Waals surface area contributed by atoms with Crippen molar-refractivity contribution in [2.45, 2.75) is 65.1 Å². The second-order valence-corrected chi connectivity index (χ2v) is 15.1. The summed E-state index contributed by atoms with van der Waals surface area (Å²) in [5.74, 6) is 2.76. The number of guanidine groups is 1. The third-order valence-electron chi connectivity index (χ3n) is 11.1. The largest absolute Gasteiger partial charge is 0.340 e. The van der Waals surface area contributed by atoms with Gasteiger partial charge in [0.25, 0.3) is 12.0 Å². The van der Waals surface area contributed by atoms with E-state index in [-0.39, 0.29) is 18.1 Å². The maximum absolute atomic E-state index is 14.0. The normalized spacial score (nSPS) is 25.3. The summed E-state index contributed by atoms with van der Waals surface area (Å²) in [6.45, 7) is 8.63. The number of pyridine rings is 1. The number of hydrogen-bond donors (Lipinski definition) is 2. The summed E-state index contributed by atoms with van der Waals surface area (Å²) in [6.07, 6.45) is 3.84. The highest BCUT2D eigenvalue weighted by Crippen LogP contribution is 2.61. The number of halogens is 3. The topological polar surface area (TPSA) is 87.4 Å². The van der Waals surface area contributed by atoms with Gasteiger partial charge < -0.3 is 15.5 Å². The van der Waals surface area contributed by atoms with E-state index in [0.29, 0.717) is 77.6 Å². The van der Waals surface area contributed by atoms with Crippen LogP contribution in [0, 0.1) is 23.2 Å². The maximum Gasteiger partial charge on any atom is 0.261 e. The summed E-state index contributed by atoms with van der Waals surface area (Å²) in [4.78, 5) is 30.6. The zero-order valence-electron chi connectivity index (χ0n) is 27.5. The van der Waals surface area contributed by atoms with Crippen LogP contribution in [-0.4, -0.2) is 63.5 Å². The quantitative estimate of drug-likeness (QED) is 0.161. The van der Waals surface area contributed by atoms with Crippen molar-refractivity contribution in [3.8, 4) is 11.4 Å². The minimum absolute atomic E-state index is 0.109. The van der Waals surface area contributed by atoms with E-state index in [1.165, 1.54) is 6.42 Å². The first-order chi connectivity index (χ1) is 23.1. The van der Waals surface area contributed by atoms with Crippen molar-refractivity contribution in [1.29, 1.82) is 0 Å². The first-order valence-corrected chi connectivity index (χ1v) is 17.7. The van der Waals surface area contributed by atoms with Gasteiger partial charge in [0.05, 0.1) is 23.0 Å². The molecule has 3 aliphatic carbocycles. The highest BCUT2D eigenvalue weighted by Gasteiger charge is 2.56. The Kier molecular flexibility index (Phi) is 9.10. The van der Waals surface area contributed by atoms with Crippen LogP contribution in [0.4, 0.5) is 14.5 Å². The fraction of sp³-hybridized carbons (Fsp3) is 0.459. The molecule has 2 N–H and O–H groups in total. The first-order valence-electron chi connectivity index (χ1n) is 16.9. The summed E-state index contributed by atoms with van der Waals surface area (Å²) in [7, 11) is 0. The van der Waals surface area contributed by atoms with Crippen molar-refractivity contribution in [2.75, 3.05) is 25.0 Å². The van der Waals surface area contributed by atoms with Crippen LogP contribution < -0.4 is 16.2 Å². The summed E-state index contributed by atoms with van der Waals surface area (Å²) in [5.41, 5.74) is 3.30. The van der Waals surface area contributed by atoms with Gasteiger partial charge in [0.15, 0.2) is 5.96 Å². The molecule has 48 heavy (non-hydrogen) atoms. The number of nitrogens with one attached hydrogen (secondary N) is 2. The van der Waals surface area contributed by atoms with Gasteiger partial charge in [0.1, 0.15) is 5.82 Å². The highest BCUT2D eigenvalue weighted by molar-refractivity contribution is 9.10. The van der Waals surface area contributed by atoms with Crippen LogP contribution in [0.15, 0.2) is 81.3 Å². The number of aliphatic imine (C=N–C) groups is 1. The molecule has 8 rings (SSSR count). The van der Waals surface area contributed by atoms with Crippen LogP contribution in [-0.2, 0) is 13.0 Å². The smallest absolute Gasteiger partial charge is 0.261 e. The molecular formula is C37H42BrF2N7O. The molecular weight excluding hydrogens is 676 g/mol. The van der Waals surface area contributed by atoms with Gasteiger partial charge >= 0.3 is 0 Å². The molecule has 252 valence electrons. The van der Waals surface area contributed by atoms with Gasteiger partial charge in [-0.3, -0.25) is 14.3 Å². The lowest BCUT2D eigenvalue weighted by Gasteiger charge is -2.61. The Morgan fingerprint density at radius 1 is 1.17 bits per heavy atom. The monoisotopic (exact) mass is 717 g/mol. The van der Waals surface area contributed by atoms with E-state index in [9.17, 15) is 13.6 Å². The van der Waals surface area contributed by atoms with Gasteiger partial charge in [0, 0.05) is 54.3 Å². The average Bonchev–Trinajstić information content (AvgIpc) is 3.09. The number of nitrogens with zero attached hydrogens (tertiary/aromatic N) is 5. The Hall–Kier alpha value is -3.70. The van der Waals surface area contributed by atoms with Crippen molar-refractivity contribution in [1.82, 2.24) is 24.8 Å². The summed E-state index contributed by atoms with van der Waals surface area (Å²) >= 11 is 3.49. The minimum atomic E-state index is -2.47. The first kappa shape index (κ1) is 32.8. The molecule has 5 atom stereocenters. The van der Waals surface area contributed by atoms with Gasteiger partial charge in [-0.1, -0.05) is 48.8 Å². The average molecular weight is 719 g/mol. The second-order valence-electron chi connectivity index (χ2n) is 14.2. The molecule has 0 radical (unpaired) electrons. The van der Waals surface area contributed by atoms with E-state index in [0.717, 1.165) is 22.0 Å². The molecule has 1 saturated heterocycles. The van der Waals surface area contributed by atoms with Crippen molar-refractivity contribution < 1.29 is 8.78 Å². The number of fused-ring (bicyclic) bond motifs is 3. The molecule has 0 spiro atoms. The van der Waals surface area contributed by atoms with Gasteiger partial charge in [-0.15, -0.1) is 0 Å². The highest BCUT2D eigenvalue weighted by atomic mass is 79.9. The number of aromatic nitrogens is 3. The SMILES string of the molecule is C[C@@H]1[C@@H](N=C(Nc2ccc3c(=O)n(CCc4ccc(Br)cc4)c(-c4cccnc4)nc3c2)N2CCN[C@@H](C(F)F)C2)C[C@H]2C[C@@H]1C2(C)C. The van der Waals surface area contributed by atoms with Crippen molar-refractivity contribution >= 4 is 38.5 Å². The third kappa shape index (κ3) is 6.39. The van der Waals surface area contributed by atoms with Crippen LogP contribution in [0.25, 0.3) is 22.3 Å². The van der Waals surface area contributed by atoms with Crippen LogP contribution >= 0.6 is 15.9 Å². The summed E-state index contributed by atoms with van der Waals surface area (Å²) < 4.78 is 30.4. The molecule has 3 heterocycles. The van der Waals surface area contributed by atoms with Crippen LogP contribution in [0.3, 0.4) is 0 Å². The lowest BCUT2D eigenvalue weighted by molar-refractivity contribution is -0.108. The standard InChI is InChI=1S/C37H42BrF2N7O/c1-22-29-17-25(37(29,2)3)18-30(22)45-36(46-16-14-42-32(21-46)33(39)40)43-27-10-11-28-31(19-27)44-34(24-5-4-13-41-20-24)47(35(28)48)15-12-23-6-8-26(38)9-7-23/h4-11,13,19-20,22,25,29-30,32-33,42H,12,14-18,21H2,1-3H3,(H,43,45)/t22-,25+,29-,30-,32+/m0/s1. The number of anilines is 1. The zero-order valence-corrected chi connectivity index (χ0v) is 29.1. The third-order valence-corrected chi connectivity index (χ3v) is 11.6. The van der Waals surface area contributed by atoms with Crippen molar-refractivity contribution in [3.63, 3.8) is 0 Å².